The van der Waals surface area contributed by atoms with Gasteiger partial charge in [0.05, 0.1) is 0 Å². The van der Waals surface area contributed by atoms with Gasteiger partial charge in [-0.15, -0.1) is 0 Å². The average Bonchev–Trinajstić information content (AvgIpc) is 2.37. The van der Waals surface area contributed by atoms with Gasteiger partial charge in [-0.3, -0.25) is 4.79 Å². The van der Waals surface area contributed by atoms with Crippen LogP contribution < -0.4 is 0 Å². The standard InChI is InChI=1S/C16H20BrNO/c1-16(2,3)13-7-9-18(10-8-13)15(19)12-5-4-6-14(17)11-12/h4-7,11H,8-10H2,1-3H3. The van der Waals surface area contributed by atoms with Gasteiger partial charge < -0.3 is 4.90 Å². The van der Waals surface area contributed by atoms with Crippen LogP contribution in [0.1, 0.15) is 37.6 Å². The Morgan fingerprint density at radius 3 is 2.58 bits per heavy atom. The normalized spacial score (nSPS) is 16.2. The fourth-order valence-electron chi connectivity index (χ4n) is 2.34. The van der Waals surface area contributed by atoms with Crippen LogP contribution in [0.2, 0.25) is 0 Å². The van der Waals surface area contributed by atoms with E-state index < -0.39 is 0 Å². The first-order valence-electron chi connectivity index (χ1n) is 6.62. The molecule has 0 bridgehead atoms. The highest BCUT2D eigenvalue weighted by molar-refractivity contribution is 9.10. The largest absolute Gasteiger partial charge is 0.335 e. The highest BCUT2D eigenvalue weighted by Crippen LogP contribution is 2.30. The van der Waals surface area contributed by atoms with E-state index in [0.29, 0.717) is 0 Å². The van der Waals surface area contributed by atoms with E-state index in [4.69, 9.17) is 0 Å². The molecule has 2 nitrogen and oxygen atoms in total. The van der Waals surface area contributed by atoms with Crippen molar-refractivity contribution in [1.29, 1.82) is 0 Å². The van der Waals surface area contributed by atoms with Crippen molar-refractivity contribution in [2.45, 2.75) is 27.2 Å². The number of hydrogen-bond donors (Lipinski definition) is 0. The van der Waals surface area contributed by atoms with Crippen molar-refractivity contribution in [2.75, 3.05) is 13.1 Å². The summed E-state index contributed by atoms with van der Waals surface area (Å²) in [7, 11) is 0. The first kappa shape index (κ1) is 14.3. The maximum absolute atomic E-state index is 12.4. The molecule has 0 unspecified atom stereocenters. The maximum Gasteiger partial charge on any atom is 0.254 e. The molecule has 0 radical (unpaired) electrons. The van der Waals surface area contributed by atoms with Crippen molar-refractivity contribution in [3.05, 3.63) is 46.0 Å². The SMILES string of the molecule is CC(C)(C)C1=CCN(C(=O)c2cccc(Br)c2)CC1. The molecule has 1 amide bonds. The van der Waals surface area contributed by atoms with Gasteiger partial charge in [-0.05, 0) is 30.0 Å². The fraction of sp³-hybridized carbons (Fsp3) is 0.438. The van der Waals surface area contributed by atoms with E-state index in [9.17, 15) is 4.79 Å². The summed E-state index contributed by atoms with van der Waals surface area (Å²) in [5, 5.41) is 0. The Balaban J connectivity index is 2.10. The summed E-state index contributed by atoms with van der Waals surface area (Å²) >= 11 is 3.41. The predicted molar refractivity (Wildman–Crippen MR) is 82.2 cm³/mol. The minimum Gasteiger partial charge on any atom is -0.335 e. The van der Waals surface area contributed by atoms with Crippen LogP contribution >= 0.6 is 15.9 Å². The van der Waals surface area contributed by atoms with Crippen LogP contribution in [0.25, 0.3) is 0 Å². The van der Waals surface area contributed by atoms with Gasteiger partial charge in [0.25, 0.3) is 5.91 Å². The number of hydrogen-bond acceptors (Lipinski definition) is 1. The van der Waals surface area contributed by atoms with Gasteiger partial charge in [-0.1, -0.05) is 54.4 Å². The molecule has 19 heavy (non-hydrogen) atoms. The third-order valence-electron chi connectivity index (χ3n) is 3.53. The summed E-state index contributed by atoms with van der Waals surface area (Å²) in [5.41, 5.74) is 2.41. The summed E-state index contributed by atoms with van der Waals surface area (Å²) in [6, 6.07) is 7.59. The minimum absolute atomic E-state index is 0.116. The van der Waals surface area contributed by atoms with Crippen molar-refractivity contribution in [3.8, 4) is 0 Å². The highest BCUT2D eigenvalue weighted by atomic mass is 79.9. The lowest BCUT2D eigenvalue weighted by molar-refractivity contribution is 0.0765. The Kier molecular flexibility index (Phi) is 4.14. The Hall–Kier alpha value is -1.09. The summed E-state index contributed by atoms with van der Waals surface area (Å²) < 4.78 is 0.946. The molecule has 0 spiro atoms. The third kappa shape index (κ3) is 3.47. The van der Waals surface area contributed by atoms with Gasteiger partial charge >= 0.3 is 0 Å². The molecule has 3 heteroatoms. The molecule has 0 saturated carbocycles. The first-order chi connectivity index (χ1) is 8.88. The third-order valence-corrected chi connectivity index (χ3v) is 4.02. The highest BCUT2D eigenvalue weighted by Gasteiger charge is 2.24. The Morgan fingerprint density at radius 1 is 1.32 bits per heavy atom. The van der Waals surface area contributed by atoms with E-state index in [1.54, 1.807) is 0 Å². The van der Waals surface area contributed by atoms with E-state index >= 15 is 0 Å². The van der Waals surface area contributed by atoms with Crippen LogP contribution in [0.5, 0.6) is 0 Å². The molecular formula is C16H20BrNO. The molecule has 0 aliphatic carbocycles. The van der Waals surface area contributed by atoms with Gasteiger partial charge in [-0.25, -0.2) is 0 Å². The molecule has 2 rings (SSSR count). The first-order valence-corrected chi connectivity index (χ1v) is 7.41. The topological polar surface area (TPSA) is 20.3 Å². The molecule has 0 fully saturated rings. The number of rotatable bonds is 1. The maximum atomic E-state index is 12.4. The Labute approximate surface area is 123 Å². The quantitative estimate of drug-likeness (QED) is 0.707. The molecule has 1 aromatic rings. The van der Waals surface area contributed by atoms with Crippen molar-refractivity contribution < 1.29 is 4.79 Å². The van der Waals surface area contributed by atoms with Crippen LogP contribution in [-0.4, -0.2) is 23.9 Å². The molecule has 1 aromatic carbocycles. The lowest BCUT2D eigenvalue weighted by Crippen LogP contribution is -2.36. The fourth-order valence-corrected chi connectivity index (χ4v) is 2.74. The van der Waals surface area contributed by atoms with Crippen LogP contribution in [0.3, 0.4) is 0 Å². The second-order valence-corrected chi connectivity index (χ2v) is 6.91. The summed E-state index contributed by atoms with van der Waals surface area (Å²) in [6.07, 6.45) is 3.18. The van der Waals surface area contributed by atoms with Crippen molar-refractivity contribution in [3.63, 3.8) is 0 Å². The second kappa shape index (κ2) is 5.49. The van der Waals surface area contributed by atoms with E-state index in [1.165, 1.54) is 5.57 Å². The number of nitrogens with zero attached hydrogens (tertiary/aromatic N) is 1. The number of halogens is 1. The van der Waals surface area contributed by atoms with Gasteiger partial charge in [0.1, 0.15) is 0 Å². The van der Waals surface area contributed by atoms with Crippen LogP contribution in [0.4, 0.5) is 0 Å². The number of benzene rings is 1. The van der Waals surface area contributed by atoms with E-state index in [-0.39, 0.29) is 11.3 Å². The smallest absolute Gasteiger partial charge is 0.254 e. The molecule has 0 aromatic heterocycles. The van der Waals surface area contributed by atoms with Crippen LogP contribution in [-0.2, 0) is 0 Å². The monoisotopic (exact) mass is 321 g/mol. The summed E-state index contributed by atoms with van der Waals surface area (Å²) in [6.45, 7) is 8.21. The molecule has 0 atom stereocenters. The van der Waals surface area contributed by atoms with E-state index in [2.05, 4.69) is 42.8 Å². The molecule has 1 heterocycles. The Bertz CT molecular complexity index is 514. The second-order valence-electron chi connectivity index (χ2n) is 5.99. The lowest BCUT2D eigenvalue weighted by atomic mass is 9.83. The predicted octanol–water partition coefficient (Wildman–Crippen LogP) is 4.27. The molecule has 0 saturated heterocycles. The number of carbonyl (C=O) groups is 1. The van der Waals surface area contributed by atoms with Crippen molar-refractivity contribution in [1.82, 2.24) is 4.90 Å². The lowest BCUT2D eigenvalue weighted by Gasteiger charge is -2.32. The minimum atomic E-state index is 0.116. The van der Waals surface area contributed by atoms with Gasteiger partial charge in [0.2, 0.25) is 0 Å². The molecule has 1 aliphatic rings. The molecular weight excluding hydrogens is 302 g/mol. The zero-order valence-corrected chi connectivity index (χ0v) is 13.3. The zero-order valence-electron chi connectivity index (χ0n) is 11.7. The van der Waals surface area contributed by atoms with Crippen LogP contribution in [0, 0.1) is 5.41 Å². The van der Waals surface area contributed by atoms with E-state index in [1.807, 2.05) is 29.2 Å². The molecule has 0 N–H and O–H groups in total. The van der Waals surface area contributed by atoms with E-state index in [0.717, 1.165) is 29.5 Å². The Morgan fingerprint density at radius 2 is 2.05 bits per heavy atom. The summed E-state index contributed by atoms with van der Waals surface area (Å²) in [4.78, 5) is 14.3. The summed E-state index contributed by atoms with van der Waals surface area (Å²) in [5.74, 6) is 0.116. The van der Waals surface area contributed by atoms with Crippen molar-refractivity contribution in [2.24, 2.45) is 5.41 Å². The van der Waals surface area contributed by atoms with Crippen molar-refractivity contribution >= 4 is 21.8 Å². The van der Waals surface area contributed by atoms with Gasteiger partial charge in [-0.2, -0.15) is 0 Å². The van der Waals surface area contributed by atoms with Gasteiger partial charge in [0.15, 0.2) is 0 Å². The number of amides is 1. The molecule has 102 valence electrons. The van der Waals surface area contributed by atoms with Gasteiger partial charge in [0, 0.05) is 23.1 Å². The average molecular weight is 322 g/mol. The molecule has 1 aliphatic heterocycles. The zero-order chi connectivity index (χ0) is 14.0. The number of carbonyl (C=O) groups excluding carboxylic acids is 1. The van der Waals surface area contributed by atoms with Crippen LogP contribution in [0.15, 0.2) is 40.4 Å².